The van der Waals surface area contributed by atoms with Gasteiger partial charge in [0.25, 0.3) is 0 Å². The predicted octanol–water partition coefficient (Wildman–Crippen LogP) is 2.17. The van der Waals surface area contributed by atoms with Crippen LogP contribution in [0.25, 0.3) is 0 Å². The smallest absolute Gasteiger partial charge is 0.199 e. The Labute approximate surface area is 92.6 Å². The van der Waals surface area contributed by atoms with Crippen molar-refractivity contribution in [2.24, 2.45) is 0 Å². The van der Waals surface area contributed by atoms with Gasteiger partial charge in [0.05, 0.1) is 0 Å². The van der Waals surface area contributed by atoms with Crippen molar-refractivity contribution in [3.05, 3.63) is 47.7 Å². The molecule has 0 saturated carbocycles. The number of hydrogen-bond acceptors (Lipinski definition) is 4. The molecule has 0 fully saturated rings. The van der Waals surface area contributed by atoms with Crippen molar-refractivity contribution >= 4 is 5.78 Å². The zero-order valence-electron chi connectivity index (χ0n) is 8.80. The Morgan fingerprint density at radius 3 is 2.94 bits per heavy atom. The number of nitrogens with zero attached hydrogens (tertiary/aromatic N) is 1. The number of ketones is 1. The van der Waals surface area contributed by atoms with Crippen LogP contribution in [0.4, 0.5) is 0 Å². The zero-order chi connectivity index (χ0) is 11.5. The van der Waals surface area contributed by atoms with Gasteiger partial charge >= 0.3 is 0 Å². The molecule has 2 rings (SSSR count). The van der Waals surface area contributed by atoms with Crippen LogP contribution in [0.15, 0.2) is 34.9 Å². The lowest BCUT2D eigenvalue weighted by Crippen LogP contribution is -1.93. The van der Waals surface area contributed by atoms with Crippen LogP contribution in [-0.2, 0) is 6.42 Å². The van der Waals surface area contributed by atoms with Crippen LogP contribution in [0.3, 0.4) is 0 Å². The molecule has 0 amide bonds. The molecule has 1 aromatic heterocycles. The van der Waals surface area contributed by atoms with Gasteiger partial charge in [0.1, 0.15) is 17.7 Å². The van der Waals surface area contributed by atoms with Gasteiger partial charge < -0.3 is 9.52 Å². The van der Waals surface area contributed by atoms with Gasteiger partial charge in [-0.15, -0.1) is 0 Å². The normalized spacial score (nSPS) is 10.3. The largest absolute Gasteiger partial charge is 0.508 e. The van der Waals surface area contributed by atoms with Crippen LogP contribution in [0.2, 0.25) is 0 Å². The number of oxazole rings is 1. The number of carbonyl (C=O) groups excluding carboxylic acids is 1. The minimum Gasteiger partial charge on any atom is -0.508 e. The number of benzene rings is 1. The number of hydrogen-bond donors (Lipinski definition) is 1. The minimum absolute atomic E-state index is 0.120. The summed E-state index contributed by atoms with van der Waals surface area (Å²) in [6.45, 7) is 1.44. The van der Waals surface area contributed by atoms with E-state index in [-0.39, 0.29) is 11.5 Å². The molecule has 0 aliphatic rings. The van der Waals surface area contributed by atoms with E-state index in [1.165, 1.54) is 13.2 Å². The van der Waals surface area contributed by atoms with Crippen molar-refractivity contribution in [3.8, 4) is 5.75 Å². The first-order valence-corrected chi connectivity index (χ1v) is 4.88. The minimum atomic E-state index is -0.120. The Bertz CT molecular complexity index is 516. The lowest BCUT2D eigenvalue weighted by molar-refractivity contribution is 0.101. The monoisotopic (exact) mass is 217 g/mol. The highest BCUT2D eigenvalue weighted by atomic mass is 16.3. The van der Waals surface area contributed by atoms with E-state index in [0.717, 1.165) is 5.56 Å². The van der Waals surface area contributed by atoms with Gasteiger partial charge in [0.15, 0.2) is 11.7 Å². The Morgan fingerprint density at radius 2 is 2.31 bits per heavy atom. The average Bonchev–Trinajstić information content (AvgIpc) is 2.66. The fourth-order valence-corrected chi connectivity index (χ4v) is 1.39. The molecule has 1 heterocycles. The number of rotatable bonds is 3. The molecular weight excluding hydrogens is 206 g/mol. The van der Waals surface area contributed by atoms with E-state index in [0.29, 0.717) is 18.0 Å². The SMILES string of the molecule is CC(=O)c1coc(Cc2cccc(O)c2)n1. The van der Waals surface area contributed by atoms with Gasteiger partial charge in [-0.05, 0) is 17.7 Å². The molecule has 0 saturated heterocycles. The molecular formula is C12H11NO3. The maximum Gasteiger partial charge on any atom is 0.199 e. The summed E-state index contributed by atoms with van der Waals surface area (Å²) in [5.41, 5.74) is 1.21. The average molecular weight is 217 g/mol. The highest BCUT2D eigenvalue weighted by Gasteiger charge is 2.08. The van der Waals surface area contributed by atoms with Gasteiger partial charge in [-0.3, -0.25) is 4.79 Å². The van der Waals surface area contributed by atoms with E-state index in [9.17, 15) is 9.90 Å². The molecule has 0 aliphatic carbocycles. The highest BCUT2D eigenvalue weighted by Crippen LogP contribution is 2.15. The van der Waals surface area contributed by atoms with E-state index in [2.05, 4.69) is 4.98 Å². The van der Waals surface area contributed by atoms with E-state index in [1.807, 2.05) is 6.07 Å². The topological polar surface area (TPSA) is 63.3 Å². The van der Waals surface area contributed by atoms with Crippen LogP contribution in [0, 0.1) is 0 Å². The first-order valence-electron chi connectivity index (χ1n) is 4.88. The van der Waals surface area contributed by atoms with E-state index in [4.69, 9.17) is 4.42 Å². The second-order valence-electron chi connectivity index (χ2n) is 3.53. The van der Waals surface area contributed by atoms with Gasteiger partial charge in [-0.1, -0.05) is 12.1 Å². The molecule has 0 spiro atoms. The Balaban J connectivity index is 2.17. The van der Waals surface area contributed by atoms with E-state index < -0.39 is 0 Å². The summed E-state index contributed by atoms with van der Waals surface area (Å²) in [6, 6.07) is 6.84. The summed E-state index contributed by atoms with van der Waals surface area (Å²) >= 11 is 0. The van der Waals surface area contributed by atoms with Crippen molar-refractivity contribution in [2.45, 2.75) is 13.3 Å². The first kappa shape index (κ1) is 10.4. The van der Waals surface area contributed by atoms with Crippen LogP contribution >= 0.6 is 0 Å². The van der Waals surface area contributed by atoms with Crippen LogP contribution < -0.4 is 0 Å². The van der Waals surface area contributed by atoms with Crippen LogP contribution in [-0.4, -0.2) is 15.9 Å². The summed E-state index contributed by atoms with van der Waals surface area (Å²) in [5, 5.41) is 9.28. The van der Waals surface area contributed by atoms with Crippen molar-refractivity contribution in [1.82, 2.24) is 4.98 Å². The molecule has 82 valence electrons. The molecule has 0 radical (unpaired) electrons. The molecule has 0 atom stereocenters. The second-order valence-corrected chi connectivity index (χ2v) is 3.53. The van der Waals surface area contributed by atoms with Crippen molar-refractivity contribution in [1.29, 1.82) is 0 Å². The molecule has 16 heavy (non-hydrogen) atoms. The van der Waals surface area contributed by atoms with Gasteiger partial charge in [-0.2, -0.15) is 0 Å². The molecule has 4 nitrogen and oxygen atoms in total. The fourth-order valence-electron chi connectivity index (χ4n) is 1.39. The summed E-state index contributed by atoms with van der Waals surface area (Å²) in [6.07, 6.45) is 1.81. The van der Waals surface area contributed by atoms with E-state index in [1.54, 1.807) is 18.2 Å². The quantitative estimate of drug-likeness (QED) is 0.800. The highest BCUT2D eigenvalue weighted by molar-refractivity contribution is 5.91. The van der Waals surface area contributed by atoms with E-state index >= 15 is 0 Å². The number of phenolic OH excluding ortho intramolecular Hbond substituents is 1. The Kier molecular flexibility index (Phi) is 2.72. The van der Waals surface area contributed by atoms with Gasteiger partial charge in [0, 0.05) is 13.3 Å². The molecule has 2 aromatic rings. The Morgan fingerprint density at radius 1 is 1.50 bits per heavy atom. The third-order valence-electron chi connectivity index (χ3n) is 2.18. The molecule has 0 bridgehead atoms. The number of aromatic nitrogens is 1. The zero-order valence-corrected chi connectivity index (χ0v) is 8.80. The predicted molar refractivity (Wildman–Crippen MR) is 57.4 cm³/mol. The summed E-state index contributed by atoms with van der Waals surface area (Å²) in [5.74, 6) is 0.553. The molecule has 1 N–H and O–H groups in total. The molecule has 4 heteroatoms. The lowest BCUT2D eigenvalue weighted by atomic mass is 10.1. The number of carbonyl (C=O) groups is 1. The Hall–Kier alpha value is -2.10. The van der Waals surface area contributed by atoms with Gasteiger partial charge in [0.2, 0.25) is 0 Å². The van der Waals surface area contributed by atoms with Crippen LogP contribution in [0.1, 0.15) is 28.9 Å². The molecule has 0 unspecified atom stereocenters. The number of phenols is 1. The molecule has 1 aromatic carbocycles. The van der Waals surface area contributed by atoms with Crippen molar-refractivity contribution < 1.29 is 14.3 Å². The summed E-state index contributed by atoms with van der Waals surface area (Å²) in [4.78, 5) is 15.0. The third-order valence-corrected chi connectivity index (χ3v) is 2.18. The number of Topliss-reactive ketones (excluding diaryl/α,β-unsaturated/α-hetero) is 1. The molecule has 0 aliphatic heterocycles. The van der Waals surface area contributed by atoms with Crippen LogP contribution in [0.5, 0.6) is 5.75 Å². The maximum absolute atomic E-state index is 11.0. The summed E-state index contributed by atoms with van der Waals surface area (Å²) < 4.78 is 5.16. The van der Waals surface area contributed by atoms with Gasteiger partial charge in [-0.25, -0.2) is 4.98 Å². The third kappa shape index (κ3) is 2.28. The second kappa shape index (κ2) is 4.18. The summed E-state index contributed by atoms with van der Waals surface area (Å²) in [7, 11) is 0. The fraction of sp³-hybridized carbons (Fsp3) is 0.167. The number of aromatic hydroxyl groups is 1. The van der Waals surface area contributed by atoms with Crippen molar-refractivity contribution in [3.63, 3.8) is 0 Å². The standard InChI is InChI=1S/C12H11NO3/c1-8(14)11-7-16-12(13-11)6-9-3-2-4-10(15)5-9/h2-5,7,15H,6H2,1H3. The lowest BCUT2D eigenvalue weighted by Gasteiger charge is -1.97. The first-order chi connectivity index (χ1) is 7.65. The van der Waals surface area contributed by atoms with Crippen molar-refractivity contribution in [2.75, 3.05) is 0 Å². The maximum atomic E-state index is 11.0.